The fourth-order valence-electron chi connectivity index (χ4n) is 1.13. The van der Waals surface area contributed by atoms with Crippen LogP contribution in [0.4, 0.5) is 0 Å². The first kappa shape index (κ1) is 11.5. The van der Waals surface area contributed by atoms with E-state index in [0.29, 0.717) is 0 Å². The van der Waals surface area contributed by atoms with E-state index in [1.54, 1.807) is 0 Å². The molecule has 0 aromatic heterocycles. The van der Waals surface area contributed by atoms with E-state index in [4.69, 9.17) is 5.53 Å². The Bertz CT molecular complexity index is 603. The van der Waals surface area contributed by atoms with Crippen LogP contribution in [0.15, 0.2) is 17.3 Å². The van der Waals surface area contributed by atoms with Crippen LogP contribution in [0.5, 0.6) is 0 Å². The molecule has 0 N–H and O–H groups in total. The van der Waals surface area contributed by atoms with Crippen LogP contribution in [-0.4, -0.2) is 32.6 Å². The summed E-state index contributed by atoms with van der Waals surface area (Å²) < 4.78 is 42.9. The molecule has 0 amide bonds. The van der Waals surface area contributed by atoms with E-state index < -0.39 is 26.6 Å². The smallest absolute Gasteiger partial charge is 0.185 e. The fraction of sp³-hybridized carbons (Fsp3) is 0.333. The molecule has 1 rings (SSSR count). The highest BCUT2D eigenvalue weighted by atomic mass is 32.2. The summed E-state index contributed by atoms with van der Waals surface area (Å²) >= 11 is 0. The molecular formula is C6H5N3O4S2. The van der Waals surface area contributed by atoms with Crippen molar-refractivity contribution in [3.05, 3.63) is 22.6 Å². The molecule has 0 aromatic carbocycles. The average molecular weight is 247 g/mol. The lowest BCUT2D eigenvalue weighted by molar-refractivity contribution is 0.626. The van der Waals surface area contributed by atoms with Crippen LogP contribution in [0, 0.1) is 0 Å². The molecule has 0 saturated carbocycles. The van der Waals surface area contributed by atoms with Gasteiger partial charge in [0.15, 0.2) is 0 Å². The highest BCUT2D eigenvalue weighted by molar-refractivity contribution is 7.75. The van der Waals surface area contributed by atoms with E-state index in [1.165, 1.54) is 12.2 Å². The predicted molar refractivity (Wildman–Crippen MR) is 54.5 cm³/mol. The minimum absolute atomic E-state index is 0.0560. The minimum Gasteiger partial charge on any atom is -0.185 e. The van der Waals surface area contributed by atoms with E-state index in [9.17, 15) is 16.8 Å². The lowest BCUT2D eigenvalue weighted by Crippen LogP contribution is -2.30. The molecule has 9 heteroatoms. The third-order valence-electron chi connectivity index (χ3n) is 1.75. The van der Waals surface area contributed by atoms with E-state index in [-0.39, 0.29) is 16.1 Å². The Labute approximate surface area is 87.7 Å². The second kappa shape index (κ2) is 4.78. The number of azide groups is 1. The molecule has 0 saturated heterocycles. The summed E-state index contributed by atoms with van der Waals surface area (Å²) in [6.45, 7) is 0. The van der Waals surface area contributed by atoms with E-state index in [2.05, 4.69) is 10.0 Å². The van der Waals surface area contributed by atoms with Crippen LogP contribution in [0.3, 0.4) is 0 Å². The average Bonchev–Trinajstić information content (AvgIpc) is 2.17. The molecule has 0 aromatic rings. The summed E-state index contributed by atoms with van der Waals surface area (Å²) in [7, 11) is -5.16. The van der Waals surface area contributed by atoms with Crippen molar-refractivity contribution in [2.75, 3.05) is 0 Å². The van der Waals surface area contributed by atoms with Gasteiger partial charge in [-0.25, -0.2) is 0 Å². The summed E-state index contributed by atoms with van der Waals surface area (Å²) in [6.07, 6.45) is 2.68. The first-order chi connectivity index (χ1) is 7.07. The van der Waals surface area contributed by atoms with Gasteiger partial charge < -0.3 is 0 Å². The van der Waals surface area contributed by atoms with E-state index in [0.717, 1.165) is 0 Å². The van der Waals surface area contributed by atoms with Gasteiger partial charge in [-0.15, -0.1) is 0 Å². The molecule has 15 heavy (non-hydrogen) atoms. The Morgan fingerprint density at radius 1 is 1.33 bits per heavy atom. The zero-order chi connectivity index (χ0) is 11.4. The molecule has 0 bridgehead atoms. The number of allylic oxidation sites excluding steroid dienone is 1. The zero-order valence-electron chi connectivity index (χ0n) is 7.23. The lowest BCUT2D eigenvalue weighted by atomic mass is 10.0. The van der Waals surface area contributed by atoms with E-state index >= 15 is 0 Å². The van der Waals surface area contributed by atoms with Gasteiger partial charge in [-0.3, -0.25) is 0 Å². The maximum Gasteiger partial charge on any atom is 0.218 e. The van der Waals surface area contributed by atoms with Gasteiger partial charge >= 0.3 is 0 Å². The Hall–Kier alpha value is -1.57. The van der Waals surface area contributed by atoms with Crippen molar-refractivity contribution < 1.29 is 16.8 Å². The van der Waals surface area contributed by atoms with Crippen molar-refractivity contribution in [3.8, 4) is 0 Å². The Morgan fingerprint density at radius 2 is 2.00 bits per heavy atom. The highest BCUT2D eigenvalue weighted by Gasteiger charge is 2.24. The molecule has 0 radical (unpaired) electrons. The molecule has 0 fully saturated rings. The summed E-state index contributed by atoms with van der Waals surface area (Å²) in [5.41, 5.74) is 8.22. The summed E-state index contributed by atoms with van der Waals surface area (Å²) in [6, 6.07) is -1.25. The fourth-order valence-corrected chi connectivity index (χ4v) is 2.37. The molecule has 1 atom stereocenters. The Balaban J connectivity index is 3.58. The van der Waals surface area contributed by atoms with Crippen molar-refractivity contribution in [2.45, 2.75) is 12.5 Å². The third kappa shape index (κ3) is 2.46. The van der Waals surface area contributed by atoms with Gasteiger partial charge in [-0.05, 0) is 11.6 Å². The van der Waals surface area contributed by atoms with Gasteiger partial charge in [0.2, 0.25) is 20.6 Å². The Morgan fingerprint density at radius 3 is 2.47 bits per heavy atom. The monoisotopic (exact) mass is 247 g/mol. The predicted octanol–water partition coefficient (Wildman–Crippen LogP) is -0.272. The maximum absolute atomic E-state index is 10.7. The lowest BCUT2D eigenvalue weighted by Gasteiger charge is -2.12. The van der Waals surface area contributed by atoms with Crippen LogP contribution < -0.4 is 0 Å². The zero-order valence-corrected chi connectivity index (χ0v) is 8.86. The van der Waals surface area contributed by atoms with Crippen molar-refractivity contribution in [3.63, 3.8) is 0 Å². The molecule has 1 unspecified atom stereocenters. The van der Waals surface area contributed by atoms with Crippen LogP contribution in [0.1, 0.15) is 6.42 Å². The first-order valence-electron chi connectivity index (χ1n) is 3.69. The minimum atomic E-state index is -2.60. The van der Waals surface area contributed by atoms with Crippen molar-refractivity contribution in [2.24, 2.45) is 5.11 Å². The van der Waals surface area contributed by atoms with Gasteiger partial charge in [0.25, 0.3) is 0 Å². The van der Waals surface area contributed by atoms with Crippen molar-refractivity contribution >= 4 is 30.3 Å². The van der Waals surface area contributed by atoms with Gasteiger partial charge in [-0.1, -0.05) is 11.2 Å². The van der Waals surface area contributed by atoms with Gasteiger partial charge in [0.05, 0.1) is 9.73 Å². The molecule has 0 heterocycles. The molecule has 0 spiro atoms. The van der Waals surface area contributed by atoms with Crippen LogP contribution >= 0.6 is 0 Å². The molecule has 80 valence electrons. The standard InChI is InChI=1S/C6H5N3O4S2/c7-9-8-6-4(14(10)11)2-1-3-5(6)15(12)13/h1-2,6H,3H2. The number of nitrogens with zero attached hydrogens (tertiary/aromatic N) is 3. The maximum atomic E-state index is 10.7. The van der Waals surface area contributed by atoms with Gasteiger partial charge in [-0.2, -0.15) is 16.8 Å². The third-order valence-corrected chi connectivity index (χ3v) is 3.31. The second-order valence-corrected chi connectivity index (χ2v) is 4.49. The summed E-state index contributed by atoms with van der Waals surface area (Å²) in [5, 5.41) is 3.16. The molecule has 1 aliphatic rings. The highest BCUT2D eigenvalue weighted by Crippen LogP contribution is 2.09. The van der Waals surface area contributed by atoms with Crippen molar-refractivity contribution in [1.82, 2.24) is 0 Å². The number of rotatable bonds is 1. The SMILES string of the molecule is [N-]=[N+]=NC1C(=S(=O)=O)C=CCC1=S(=O)=O. The summed E-state index contributed by atoms with van der Waals surface area (Å²) in [5.74, 6) is 0. The largest absolute Gasteiger partial charge is 0.218 e. The topological polar surface area (TPSA) is 117 Å². The van der Waals surface area contributed by atoms with Gasteiger partial charge in [0.1, 0.15) is 6.04 Å². The number of hydrogen-bond acceptors (Lipinski definition) is 5. The number of hydrogen-bond donors (Lipinski definition) is 0. The van der Waals surface area contributed by atoms with Crippen LogP contribution in [0.25, 0.3) is 10.4 Å². The molecule has 0 aliphatic heterocycles. The molecular weight excluding hydrogens is 242 g/mol. The van der Waals surface area contributed by atoms with Crippen LogP contribution in [-0.2, 0) is 20.6 Å². The first-order valence-corrected chi connectivity index (χ1v) is 5.84. The second-order valence-electron chi connectivity index (χ2n) is 2.55. The van der Waals surface area contributed by atoms with E-state index in [1.807, 2.05) is 0 Å². The summed E-state index contributed by atoms with van der Waals surface area (Å²) in [4.78, 5) is 2.05. The quantitative estimate of drug-likeness (QED) is 0.274. The molecule has 7 nitrogen and oxygen atoms in total. The Kier molecular flexibility index (Phi) is 3.67. The normalized spacial score (nSPS) is 19.6. The van der Waals surface area contributed by atoms with Crippen LogP contribution in [0.2, 0.25) is 0 Å². The van der Waals surface area contributed by atoms with Gasteiger partial charge in [0, 0.05) is 11.3 Å². The van der Waals surface area contributed by atoms with Crippen molar-refractivity contribution in [1.29, 1.82) is 0 Å². The molecule has 1 aliphatic carbocycles.